The lowest BCUT2D eigenvalue weighted by molar-refractivity contribution is -0.155. The Morgan fingerprint density at radius 3 is 2.63 bits per heavy atom. The molecule has 2 fully saturated rings. The average molecular weight is 799 g/mol. The van der Waals surface area contributed by atoms with E-state index in [9.17, 15) is 25.1 Å². The van der Waals surface area contributed by atoms with Gasteiger partial charge in [0.05, 0.1) is 37.6 Å². The molecule has 0 aromatic heterocycles. The van der Waals surface area contributed by atoms with Gasteiger partial charge in [-0.1, -0.05) is 19.4 Å². The molecular formula is C42H46N4O10S. The van der Waals surface area contributed by atoms with E-state index in [1.807, 2.05) is 26.8 Å². The highest BCUT2D eigenvalue weighted by Gasteiger charge is 2.60. The van der Waals surface area contributed by atoms with Crippen LogP contribution in [-0.4, -0.2) is 85.1 Å². The highest BCUT2D eigenvalue weighted by atomic mass is 32.2. The third-order valence-electron chi connectivity index (χ3n) is 12.6. The van der Waals surface area contributed by atoms with E-state index in [1.165, 1.54) is 26.0 Å². The lowest BCUT2D eigenvalue weighted by Crippen LogP contribution is -2.69. The summed E-state index contributed by atoms with van der Waals surface area (Å²) in [6, 6.07) is 5.11. The minimum Gasteiger partial charge on any atom is -0.504 e. The first-order valence-corrected chi connectivity index (χ1v) is 20.5. The number of ether oxygens (including phenoxy) is 6. The molecule has 10 rings (SSSR count). The van der Waals surface area contributed by atoms with Gasteiger partial charge in [0, 0.05) is 53.1 Å². The summed E-state index contributed by atoms with van der Waals surface area (Å²) < 4.78 is 36.5. The fraction of sp³-hybridized carbons (Fsp3) is 0.500. The van der Waals surface area contributed by atoms with Crippen molar-refractivity contribution in [2.45, 2.75) is 93.9 Å². The number of rotatable bonds is 6. The Hall–Kier alpha value is -4.88. The van der Waals surface area contributed by atoms with Gasteiger partial charge in [-0.15, -0.1) is 11.8 Å². The average Bonchev–Trinajstić information content (AvgIpc) is 3.70. The number of hydrogen-bond acceptors (Lipinski definition) is 15. The number of nitriles is 1. The van der Waals surface area contributed by atoms with Crippen molar-refractivity contribution in [2.24, 2.45) is 0 Å². The van der Waals surface area contributed by atoms with Gasteiger partial charge in [-0.3, -0.25) is 15.0 Å². The molecule has 7 aliphatic rings. The Kier molecular flexibility index (Phi) is 9.38. The standard InChI is InChI=1S/C42H46N4O10S/c1-6-7-8-29(48)56-37-20(3)38-39(55-18-54-38)31-26-16-53-41(50)42(23-14-28(51-4)27(47)13-21(23)9-10-44-42)17-57-40(32(31)37)34-33-30-22(11-19(2)36(52-5)35(30)49)12-24(45-33)25(15-43)46(26)34/h11,13-14,24-26,33-34,40,44-45,47,49H,6-10,12,16-18H2,1-5H3/t24-,25-,26-,33+,34?,40+,42+/m0/s1. The number of carbonyl (C=O) groups is 2. The molecule has 0 saturated carbocycles. The number of aryl methyl sites for hydroxylation is 1. The maximum Gasteiger partial charge on any atom is 0.331 e. The van der Waals surface area contributed by atoms with E-state index in [0.717, 1.165) is 23.1 Å². The van der Waals surface area contributed by atoms with Crippen molar-refractivity contribution in [3.63, 3.8) is 0 Å². The molecular weight excluding hydrogens is 753 g/mol. The highest BCUT2D eigenvalue weighted by Crippen LogP contribution is 2.63. The van der Waals surface area contributed by atoms with Crippen LogP contribution in [-0.2, 0) is 32.7 Å². The van der Waals surface area contributed by atoms with Crippen LogP contribution in [0.15, 0.2) is 18.2 Å². The monoisotopic (exact) mass is 798 g/mol. The van der Waals surface area contributed by atoms with Crippen LogP contribution in [0.1, 0.15) is 88.0 Å². The molecule has 4 bridgehead atoms. The molecule has 4 N–H and O–H groups in total. The van der Waals surface area contributed by atoms with Crippen molar-refractivity contribution in [1.82, 2.24) is 15.5 Å². The molecule has 14 nitrogen and oxygen atoms in total. The molecule has 3 aromatic rings. The number of aromatic hydroxyl groups is 2. The van der Waals surface area contributed by atoms with Gasteiger partial charge in [0.2, 0.25) is 6.79 Å². The van der Waals surface area contributed by atoms with E-state index in [2.05, 4.69) is 21.6 Å². The van der Waals surface area contributed by atoms with Gasteiger partial charge in [-0.25, -0.2) is 4.79 Å². The molecule has 0 amide bonds. The van der Waals surface area contributed by atoms with Crippen LogP contribution in [0.4, 0.5) is 0 Å². The predicted molar refractivity (Wildman–Crippen MR) is 207 cm³/mol. The topological polar surface area (TPSA) is 181 Å². The Balaban J connectivity index is 1.31. The van der Waals surface area contributed by atoms with Crippen LogP contribution in [0.2, 0.25) is 0 Å². The largest absolute Gasteiger partial charge is 0.504 e. The van der Waals surface area contributed by atoms with Crippen molar-refractivity contribution >= 4 is 23.7 Å². The number of fused-ring (bicyclic) bond motifs is 9. The molecule has 7 aliphatic heterocycles. The predicted octanol–water partition coefficient (Wildman–Crippen LogP) is 4.82. The second kappa shape index (κ2) is 14.2. The first kappa shape index (κ1) is 37.7. The van der Waals surface area contributed by atoms with Crippen molar-refractivity contribution < 1.29 is 48.2 Å². The Morgan fingerprint density at radius 1 is 1.07 bits per heavy atom. The number of nitrogens with zero attached hydrogens (tertiary/aromatic N) is 2. The molecule has 7 heterocycles. The lowest BCUT2D eigenvalue weighted by atomic mass is 9.72. The van der Waals surface area contributed by atoms with Crippen molar-refractivity contribution in [1.29, 1.82) is 5.26 Å². The maximum atomic E-state index is 14.8. The number of carbonyl (C=O) groups excluding carboxylic acids is 2. The minimum absolute atomic E-state index is 0.0225. The Labute approximate surface area is 334 Å². The Bertz CT molecular complexity index is 2240. The normalized spacial score (nSPS) is 28.0. The van der Waals surface area contributed by atoms with Gasteiger partial charge < -0.3 is 44.0 Å². The van der Waals surface area contributed by atoms with Gasteiger partial charge in [0.25, 0.3) is 0 Å². The lowest BCUT2D eigenvalue weighted by Gasteiger charge is -2.59. The van der Waals surface area contributed by atoms with Crippen LogP contribution in [0.3, 0.4) is 0 Å². The summed E-state index contributed by atoms with van der Waals surface area (Å²) in [5.41, 5.74) is 4.41. The van der Waals surface area contributed by atoms with E-state index >= 15 is 0 Å². The third-order valence-corrected chi connectivity index (χ3v) is 14.1. The molecule has 57 heavy (non-hydrogen) atoms. The number of benzene rings is 3. The van der Waals surface area contributed by atoms with E-state index in [0.29, 0.717) is 76.6 Å². The fourth-order valence-corrected chi connectivity index (χ4v) is 11.8. The summed E-state index contributed by atoms with van der Waals surface area (Å²) in [4.78, 5) is 30.6. The SMILES string of the molecule is CCCCC(=O)Oc1c(C)c2c(c3c1[C@H]1SC[C@]4(NCCc5cc(O)c(OC)cc54)C(=O)OC[C@@H]3N3C1[C@@H]1N[C@@H](Cc4cc(C)c(OC)c(O)c41)[C@@H]3C#N)OCO2. The molecule has 300 valence electrons. The summed E-state index contributed by atoms with van der Waals surface area (Å²) in [5.74, 6) is 1.14. The van der Waals surface area contributed by atoms with Crippen LogP contribution >= 0.6 is 11.8 Å². The fourth-order valence-electron chi connectivity index (χ4n) is 10.1. The zero-order valence-corrected chi connectivity index (χ0v) is 33.3. The second-order valence-corrected chi connectivity index (χ2v) is 16.8. The smallest absolute Gasteiger partial charge is 0.331 e. The summed E-state index contributed by atoms with van der Waals surface area (Å²) >= 11 is 1.48. The first-order chi connectivity index (χ1) is 27.6. The van der Waals surface area contributed by atoms with E-state index in [1.54, 1.807) is 12.1 Å². The zero-order valence-electron chi connectivity index (χ0n) is 32.5. The Morgan fingerprint density at radius 2 is 1.88 bits per heavy atom. The van der Waals surface area contributed by atoms with Gasteiger partial charge in [-0.2, -0.15) is 5.26 Å². The number of hydrogen-bond donors (Lipinski definition) is 4. The van der Waals surface area contributed by atoms with Crippen LogP contribution in [0.25, 0.3) is 0 Å². The molecule has 1 unspecified atom stereocenters. The van der Waals surface area contributed by atoms with Crippen molar-refractivity contribution in [2.75, 3.05) is 39.9 Å². The quantitative estimate of drug-likeness (QED) is 0.197. The number of methoxy groups -OCH3 is 2. The minimum atomic E-state index is -1.36. The summed E-state index contributed by atoms with van der Waals surface area (Å²) in [7, 11) is 3.00. The van der Waals surface area contributed by atoms with Crippen molar-refractivity contribution in [3.8, 4) is 46.3 Å². The molecule has 15 heteroatoms. The number of phenolic OH excluding ortho intramolecular Hbond substituents is 2. The summed E-state index contributed by atoms with van der Waals surface area (Å²) in [5, 5.41) is 40.6. The zero-order chi connectivity index (χ0) is 39.9. The third kappa shape index (κ3) is 5.55. The molecule has 0 radical (unpaired) electrons. The van der Waals surface area contributed by atoms with Crippen LogP contribution in [0, 0.1) is 25.2 Å². The van der Waals surface area contributed by atoms with E-state index in [4.69, 9.17) is 28.4 Å². The number of thioether (sulfide) groups is 1. The second-order valence-electron chi connectivity index (χ2n) is 15.6. The summed E-state index contributed by atoms with van der Waals surface area (Å²) in [6.07, 6.45) is 2.71. The number of nitrogens with one attached hydrogen (secondary N) is 2. The van der Waals surface area contributed by atoms with Crippen LogP contribution in [0.5, 0.6) is 40.2 Å². The number of esters is 2. The maximum absolute atomic E-state index is 14.8. The van der Waals surface area contributed by atoms with Gasteiger partial charge in [0.15, 0.2) is 40.0 Å². The molecule has 3 aromatic carbocycles. The molecule has 2 saturated heterocycles. The molecule has 1 spiro atoms. The van der Waals surface area contributed by atoms with Gasteiger partial charge in [0.1, 0.15) is 18.4 Å². The van der Waals surface area contributed by atoms with Crippen LogP contribution < -0.4 is 34.3 Å². The molecule has 0 aliphatic carbocycles. The van der Waals surface area contributed by atoms with E-state index in [-0.39, 0.29) is 54.8 Å². The number of phenols is 2. The number of piperazine rings is 1. The van der Waals surface area contributed by atoms with Crippen molar-refractivity contribution in [3.05, 3.63) is 62.7 Å². The van der Waals surface area contributed by atoms with Gasteiger partial charge >= 0.3 is 11.9 Å². The van der Waals surface area contributed by atoms with Gasteiger partial charge in [-0.05, 0) is 67.5 Å². The van der Waals surface area contributed by atoms with E-state index < -0.39 is 40.9 Å². The molecule has 7 atom stereocenters. The summed E-state index contributed by atoms with van der Waals surface area (Å²) in [6.45, 7) is 5.97. The highest BCUT2D eigenvalue weighted by molar-refractivity contribution is 7.99. The first-order valence-electron chi connectivity index (χ1n) is 19.5. The number of unbranched alkanes of at least 4 members (excludes halogenated alkanes) is 1.